The summed E-state index contributed by atoms with van der Waals surface area (Å²) < 4.78 is 25.9. The van der Waals surface area contributed by atoms with Crippen molar-refractivity contribution in [3.05, 3.63) is 75.8 Å². The van der Waals surface area contributed by atoms with E-state index in [4.69, 9.17) is 18.9 Å². The van der Waals surface area contributed by atoms with Gasteiger partial charge < -0.3 is 33.3 Å². The highest BCUT2D eigenvalue weighted by Gasteiger charge is 2.41. The fourth-order valence-electron chi connectivity index (χ4n) is 7.82. The first-order valence-electron chi connectivity index (χ1n) is 19.7. The molecule has 0 aliphatic carbocycles. The van der Waals surface area contributed by atoms with Crippen molar-refractivity contribution >= 4 is 28.3 Å². The van der Waals surface area contributed by atoms with Gasteiger partial charge in [0.1, 0.15) is 23.1 Å². The Kier molecular flexibility index (Phi) is 12.7. The van der Waals surface area contributed by atoms with Gasteiger partial charge in [-0.1, -0.05) is 19.9 Å². The summed E-state index contributed by atoms with van der Waals surface area (Å²) in [5, 5.41) is 1.36. The number of likely N-dealkylation sites (tertiary alicyclic amines) is 1. The van der Waals surface area contributed by atoms with Crippen molar-refractivity contribution in [1.29, 1.82) is 0 Å². The maximum Gasteiger partial charge on any atom is 0.259 e. The molecular weight excluding hydrogens is 711 g/mol. The van der Waals surface area contributed by atoms with Crippen molar-refractivity contribution < 1.29 is 28.5 Å². The van der Waals surface area contributed by atoms with Gasteiger partial charge in [-0.05, 0) is 74.1 Å². The standard InChI is InChI=1S/C44H57N5O7/c1-29(2)42(51)33-23-32(13-12-30(33)3)55-19-10-9-11-41(50)49-18-20-56-44(28-49)14-16-48(17-15-44)27-37-38(53-7)21-31(22-39(37)54-8)36-26-47(6)43(52)35-25-45-40(46(4)5)24-34(35)36/h12-13,21-26,29H,9-11,14-20,27-28H2,1-8H3. The van der Waals surface area contributed by atoms with Crippen molar-refractivity contribution in [3.8, 4) is 28.4 Å². The summed E-state index contributed by atoms with van der Waals surface area (Å²) in [4.78, 5) is 49.7. The fraction of sp³-hybridized carbons (Fsp3) is 0.500. The number of anilines is 1. The minimum Gasteiger partial charge on any atom is -0.496 e. The molecule has 0 saturated carbocycles. The predicted molar refractivity (Wildman–Crippen MR) is 219 cm³/mol. The predicted octanol–water partition coefficient (Wildman–Crippen LogP) is 6.27. The van der Waals surface area contributed by atoms with Crippen molar-refractivity contribution in [2.75, 3.05) is 72.6 Å². The molecule has 0 N–H and O–H groups in total. The number of amides is 1. The number of benzene rings is 2. The van der Waals surface area contributed by atoms with Gasteiger partial charge in [0.05, 0.1) is 44.0 Å². The second-order valence-electron chi connectivity index (χ2n) is 15.7. The molecule has 2 fully saturated rings. The van der Waals surface area contributed by atoms with E-state index in [0.29, 0.717) is 67.5 Å². The van der Waals surface area contributed by atoms with Crippen LogP contribution in [0.15, 0.2) is 53.6 Å². The van der Waals surface area contributed by atoms with E-state index >= 15 is 0 Å². The lowest BCUT2D eigenvalue weighted by molar-refractivity contribution is -0.159. The van der Waals surface area contributed by atoms with Crippen LogP contribution in [-0.2, 0) is 23.1 Å². The van der Waals surface area contributed by atoms with Gasteiger partial charge in [0.2, 0.25) is 5.91 Å². The van der Waals surface area contributed by atoms with E-state index in [2.05, 4.69) is 9.88 Å². The molecule has 56 heavy (non-hydrogen) atoms. The number of ether oxygens (including phenoxy) is 4. The summed E-state index contributed by atoms with van der Waals surface area (Å²) in [5.41, 5.74) is 3.92. The van der Waals surface area contributed by atoms with Gasteiger partial charge in [0, 0.05) is 95.1 Å². The van der Waals surface area contributed by atoms with Crippen LogP contribution in [0.4, 0.5) is 5.82 Å². The minimum absolute atomic E-state index is 0.0715. The molecule has 4 aromatic rings. The van der Waals surface area contributed by atoms with Gasteiger partial charge in [-0.2, -0.15) is 0 Å². The number of aromatic nitrogens is 2. The number of fused-ring (bicyclic) bond motifs is 1. The van der Waals surface area contributed by atoms with E-state index in [0.717, 1.165) is 72.2 Å². The first-order valence-corrected chi connectivity index (χ1v) is 19.7. The molecule has 1 spiro atoms. The number of Topliss-reactive ketones (excluding diaryl/α,β-unsaturated/α-hetero) is 1. The average Bonchev–Trinajstić information content (AvgIpc) is 3.20. The smallest absolute Gasteiger partial charge is 0.259 e. The van der Waals surface area contributed by atoms with Crippen LogP contribution in [0.5, 0.6) is 17.2 Å². The molecule has 2 aromatic carbocycles. The van der Waals surface area contributed by atoms with E-state index in [-0.39, 0.29) is 28.8 Å². The Balaban J connectivity index is 1.05. The number of rotatable bonds is 14. The number of nitrogens with zero attached hydrogens (tertiary/aromatic N) is 5. The summed E-state index contributed by atoms with van der Waals surface area (Å²) in [6.07, 6.45) is 7.09. The number of piperidine rings is 1. The quantitative estimate of drug-likeness (QED) is 0.107. The third-order valence-electron chi connectivity index (χ3n) is 11.2. The van der Waals surface area contributed by atoms with Crippen LogP contribution in [0.1, 0.15) is 67.4 Å². The number of hydrogen-bond donors (Lipinski definition) is 0. The van der Waals surface area contributed by atoms with Crippen molar-refractivity contribution in [3.63, 3.8) is 0 Å². The maximum absolute atomic E-state index is 13.3. The van der Waals surface area contributed by atoms with E-state index < -0.39 is 0 Å². The molecule has 0 radical (unpaired) electrons. The average molecular weight is 768 g/mol. The van der Waals surface area contributed by atoms with Crippen LogP contribution < -0.4 is 24.7 Å². The number of carbonyl (C=O) groups excluding carboxylic acids is 2. The molecule has 0 bridgehead atoms. The molecule has 2 aromatic heterocycles. The monoisotopic (exact) mass is 767 g/mol. The number of aryl methyl sites for hydroxylation is 2. The molecule has 0 unspecified atom stereocenters. The summed E-state index contributed by atoms with van der Waals surface area (Å²) in [6.45, 7) is 10.2. The summed E-state index contributed by atoms with van der Waals surface area (Å²) in [5.74, 6) is 3.07. The molecule has 1 amide bonds. The molecule has 2 aliphatic heterocycles. The van der Waals surface area contributed by atoms with Gasteiger partial charge >= 0.3 is 0 Å². The maximum atomic E-state index is 13.3. The lowest BCUT2D eigenvalue weighted by Gasteiger charge is -2.47. The van der Waals surface area contributed by atoms with Gasteiger partial charge in [-0.15, -0.1) is 0 Å². The molecule has 4 heterocycles. The first-order chi connectivity index (χ1) is 26.8. The first kappa shape index (κ1) is 40.7. The Morgan fingerprint density at radius 1 is 0.982 bits per heavy atom. The molecule has 12 nitrogen and oxygen atoms in total. The van der Waals surface area contributed by atoms with Crippen LogP contribution in [0.3, 0.4) is 0 Å². The zero-order valence-electron chi connectivity index (χ0n) is 34.3. The van der Waals surface area contributed by atoms with E-state index in [1.807, 2.05) is 87.3 Å². The highest BCUT2D eigenvalue weighted by Crippen LogP contribution is 2.39. The number of pyridine rings is 2. The molecule has 6 rings (SSSR count). The van der Waals surface area contributed by atoms with E-state index in [1.54, 1.807) is 32.0 Å². The van der Waals surface area contributed by atoms with Crippen LogP contribution in [0.25, 0.3) is 21.9 Å². The third kappa shape index (κ3) is 8.86. The number of hydrogen-bond acceptors (Lipinski definition) is 10. The highest BCUT2D eigenvalue weighted by molar-refractivity contribution is 5.99. The number of carbonyl (C=O) groups is 2. The number of ketones is 1. The summed E-state index contributed by atoms with van der Waals surface area (Å²) in [6, 6.07) is 11.6. The van der Waals surface area contributed by atoms with Crippen molar-refractivity contribution in [2.24, 2.45) is 13.0 Å². The summed E-state index contributed by atoms with van der Waals surface area (Å²) >= 11 is 0. The van der Waals surface area contributed by atoms with E-state index in [9.17, 15) is 14.4 Å². The largest absolute Gasteiger partial charge is 0.496 e. The lowest BCUT2D eigenvalue weighted by atomic mass is 9.88. The number of morpholine rings is 1. The Hall–Kier alpha value is -4.94. The summed E-state index contributed by atoms with van der Waals surface area (Å²) in [7, 11) is 8.95. The number of unbranched alkanes of at least 4 members (excludes halogenated alkanes) is 1. The van der Waals surface area contributed by atoms with Gasteiger partial charge in [0.25, 0.3) is 5.56 Å². The van der Waals surface area contributed by atoms with Gasteiger partial charge in [-0.25, -0.2) is 4.98 Å². The SMILES string of the molecule is COc1cc(-c2cn(C)c(=O)c3cnc(N(C)C)cc23)cc(OC)c1CN1CCC2(CC1)CN(C(=O)CCCCOc1ccc(C)c(C(=O)C(C)C)c1)CCO2. The third-order valence-corrected chi connectivity index (χ3v) is 11.2. The van der Waals surface area contributed by atoms with Crippen LogP contribution in [-0.4, -0.2) is 104 Å². The van der Waals surface area contributed by atoms with E-state index in [1.165, 1.54) is 0 Å². The van der Waals surface area contributed by atoms with Gasteiger partial charge in [-0.3, -0.25) is 19.3 Å². The zero-order chi connectivity index (χ0) is 40.1. The van der Waals surface area contributed by atoms with Gasteiger partial charge in [0.15, 0.2) is 5.78 Å². The Morgan fingerprint density at radius 2 is 1.70 bits per heavy atom. The topological polar surface area (TPSA) is 116 Å². The lowest BCUT2D eigenvalue weighted by Crippen LogP contribution is -2.57. The minimum atomic E-state index is -0.354. The zero-order valence-corrected chi connectivity index (χ0v) is 34.3. The molecule has 12 heteroatoms. The molecule has 2 saturated heterocycles. The second kappa shape index (κ2) is 17.5. The molecular formula is C44H57N5O7. The normalized spacial score (nSPS) is 15.7. The molecule has 2 aliphatic rings. The van der Waals surface area contributed by atoms with Crippen LogP contribution in [0.2, 0.25) is 0 Å². The molecule has 0 atom stereocenters. The Labute approximate surface area is 330 Å². The van der Waals surface area contributed by atoms with Crippen molar-refractivity contribution in [1.82, 2.24) is 19.4 Å². The molecule has 300 valence electrons. The van der Waals surface area contributed by atoms with Crippen molar-refractivity contribution in [2.45, 2.75) is 65.0 Å². The second-order valence-corrected chi connectivity index (χ2v) is 15.7. The van der Waals surface area contributed by atoms with Crippen LogP contribution in [0, 0.1) is 12.8 Å². The van der Waals surface area contributed by atoms with Crippen LogP contribution >= 0.6 is 0 Å². The highest BCUT2D eigenvalue weighted by atomic mass is 16.5. The Bertz CT molecular complexity index is 2090. The fourth-order valence-corrected chi connectivity index (χ4v) is 7.82. The Morgan fingerprint density at radius 3 is 2.36 bits per heavy atom. The number of methoxy groups -OCH3 is 2.